The van der Waals surface area contributed by atoms with Gasteiger partial charge in [0.1, 0.15) is 0 Å². The molecule has 0 saturated carbocycles. The van der Waals surface area contributed by atoms with Gasteiger partial charge in [0.25, 0.3) is 5.91 Å². The maximum Gasteiger partial charge on any atom is 0.261 e. The average molecular weight is 304 g/mol. The summed E-state index contributed by atoms with van der Waals surface area (Å²) in [7, 11) is 0. The lowest BCUT2D eigenvalue weighted by Crippen LogP contribution is -2.42. The molecule has 1 aliphatic heterocycles. The van der Waals surface area contributed by atoms with E-state index in [9.17, 15) is 4.79 Å². The smallest absolute Gasteiger partial charge is 0.261 e. The summed E-state index contributed by atoms with van der Waals surface area (Å²) < 4.78 is 5.94. The maximum atomic E-state index is 12.1. The third-order valence-electron chi connectivity index (χ3n) is 3.39. The Kier molecular flexibility index (Phi) is 5.63. The van der Waals surface area contributed by atoms with Crippen molar-refractivity contribution < 1.29 is 14.6 Å². The number of carbonyl (C=O) groups is 1. The zero-order valence-corrected chi connectivity index (χ0v) is 12.2. The topological polar surface area (TPSA) is 58.6 Å². The monoisotopic (exact) mass is 303 g/mol. The maximum absolute atomic E-state index is 12.1. The van der Waals surface area contributed by atoms with Crippen molar-refractivity contribution in [1.82, 2.24) is 5.32 Å². The zero-order valence-electron chi connectivity index (χ0n) is 10.6. The number of ether oxygens (including phenoxy) is 1. The number of carbonyl (C=O) groups excluding carboxylic acids is 1. The second-order valence-electron chi connectivity index (χ2n) is 4.65. The Morgan fingerprint density at radius 2 is 2.26 bits per heavy atom. The average Bonchev–Trinajstić information content (AvgIpc) is 2.86. The Morgan fingerprint density at radius 1 is 1.53 bits per heavy atom. The van der Waals surface area contributed by atoms with Gasteiger partial charge in [-0.2, -0.15) is 0 Å². The molecule has 1 amide bonds. The highest BCUT2D eigenvalue weighted by Crippen LogP contribution is 2.24. The van der Waals surface area contributed by atoms with Crippen LogP contribution in [-0.4, -0.2) is 36.9 Å². The Hall–Kier alpha value is -0.620. The lowest BCUT2D eigenvalue weighted by atomic mass is 9.90. The number of thiophene rings is 1. The molecule has 2 N–H and O–H groups in total. The van der Waals surface area contributed by atoms with E-state index >= 15 is 0 Å². The van der Waals surface area contributed by atoms with Gasteiger partial charge in [-0.1, -0.05) is 11.6 Å². The van der Waals surface area contributed by atoms with Crippen LogP contribution in [0.5, 0.6) is 0 Å². The number of halogens is 1. The molecule has 6 heteroatoms. The molecule has 1 atom stereocenters. The summed E-state index contributed by atoms with van der Waals surface area (Å²) in [6, 6.07) is 3.45. The van der Waals surface area contributed by atoms with E-state index in [1.54, 1.807) is 12.1 Å². The van der Waals surface area contributed by atoms with Gasteiger partial charge >= 0.3 is 0 Å². The number of hydrogen-bond donors (Lipinski definition) is 2. The fourth-order valence-electron chi connectivity index (χ4n) is 2.36. The summed E-state index contributed by atoms with van der Waals surface area (Å²) >= 11 is 7.10. The second kappa shape index (κ2) is 7.24. The van der Waals surface area contributed by atoms with E-state index in [0.717, 1.165) is 26.1 Å². The highest BCUT2D eigenvalue weighted by Gasteiger charge is 2.25. The minimum atomic E-state index is -0.109. The molecule has 1 fully saturated rings. The molecule has 19 heavy (non-hydrogen) atoms. The molecule has 1 unspecified atom stereocenters. The third-order valence-corrected chi connectivity index (χ3v) is 4.62. The number of amides is 1. The molecule has 1 saturated heterocycles. The van der Waals surface area contributed by atoms with Crippen molar-refractivity contribution in [2.45, 2.75) is 25.3 Å². The Bertz CT molecular complexity index is 418. The fraction of sp³-hybridized carbons (Fsp3) is 0.615. The Morgan fingerprint density at radius 3 is 2.84 bits per heavy atom. The number of rotatable bonds is 5. The third kappa shape index (κ3) is 4.18. The minimum absolute atomic E-state index is 0.00211. The van der Waals surface area contributed by atoms with E-state index in [2.05, 4.69) is 5.32 Å². The van der Waals surface area contributed by atoms with Crippen LogP contribution in [0, 0.1) is 5.92 Å². The first-order valence-corrected chi connectivity index (χ1v) is 7.65. The second-order valence-corrected chi connectivity index (χ2v) is 6.36. The molecule has 1 aromatic heterocycles. The van der Waals surface area contributed by atoms with Crippen LogP contribution in [-0.2, 0) is 4.74 Å². The summed E-state index contributed by atoms with van der Waals surface area (Å²) in [5, 5.41) is 12.2. The molecule has 0 aromatic carbocycles. The van der Waals surface area contributed by atoms with Crippen molar-refractivity contribution in [1.29, 1.82) is 0 Å². The lowest BCUT2D eigenvalue weighted by Gasteiger charge is -2.30. The molecular weight excluding hydrogens is 286 g/mol. The van der Waals surface area contributed by atoms with Crippen LogP contribution in [0.15, 0.2) is 12.1 Å². The lowest BCUT2D eigenvalue weighted by molar-refractivity contribution is 0.0479. The molecule has 4 nitrogen and oxygen atoms in total. The number of hydrogen-bond acceptors (Lipinski definition) is 4. The molecule has 0 radical (unpaired) electrons. The predicted octanol–water partition coefficient (Wildman–Crippen LogP) is 2.31. The molecule has 2 heterocycles. The van der Waals surface area contributed by atoms with Crippen molar-refractivity contribution >= 4 is 28.8 Å². The van der Waals surface area contributed by atoms with E-state index in [1.807, 2.05) is 0 Å². The van der Waals surface area contributed by atoms with E-state index in [4.69, 9.17) is 21.4 Å². The summed E-state index contributed by atoms with van der Waals surface area (Å²) in [5.74, 6) is 0.266. The number of aliphatic hydroxyl groups is 1. The zero-order chi connectivity index (χ0) is 13.7. The van der Waals surface area contributed by atoms with Crippen LogP contribution in [0.25, 0.3) is 0 Å². The highest BCUT2D eigenvalue weighted by atomic mass is 35.5. The molecule has 2 rings (SSSR count). The van der Waals surface area contributed by atoms with E-state index in [-0.39, 0.29) is 18.6 Å². The van der Waals surface area contributed by atoms with Gasteiger partial charge in [-0.05, 0) is 37.3 Å². The van der Waals surface area contributed by atoms with Gasteiger partial charge in [0, 0.05) is 25.9 Å². The molecule has 1 aliphatic rings. The van der Waals surface area contributed by atoms with Crippen LogP contribution in [0.2, 0.25) is 4.34 Å². The quantitative estimate of drug-likeness (QED) is 0.877. The summed E-state index contributed by atoms with van der Waals surface area (Å²) in [6.45, 7) is 1.54. The van der Waals surface area contributed by atoms with Crippen molar-refractivity contribution in [3.8, 4) is 0 Å². The molecule has 0 bridgehead atoms. The number of nitrogens with one attached hydrogen (secondary N) is 1. The normalized spacial score (nSPS) is 18.2. The molecule has 0 spiro atoms. The van der Waals surface area contributed by atoms with Crippen LogP contribution in [0.3, 0.4) is 0 Å². The largest absolute Gasteiger partial charge is 0.396 e. The summed E-state index contributed by atoms with van der Waals surface area (Å²) in [5.41, 5.74) is 0. The molecular formula is C13H18ClNO3S. The van der Waals surface area contributed by atoms with Gasteiger partial charge in [0.05, 0.1) is 9.21 Å². The van der Waals surface area contributed by atoms with Crippen molar-refractivity contribution in [2.75, 3.05) is 19.8 Å². The first kappa shape index (κ1) is 14.8. The first-order chi connectivity index (χ1) is 9.20. The number of aliphatic hydroxyl groups excluding tert-OH is 1. The van der Waals surface area contributed by atoms with Crippen LogP contribution < -0.4 is 5.32 Å². The minimum Gasteiger partial charge on any atom is -0.396 e. The summed E-state index contributed by atoms with van der Waals surface area (Å²) in [4.78, 5) is 12.7. The van der Waals surface area contributed by atoms with Gasteiger partial charge in [0.2, 0.25) is 0 Å². The summed E-state index contributed by atoms with van der Waals surface area (Å²) in [6.07, 6.45) is 2.43. The molecule has 0 aliphatic carbocycles. The van der Waals surface area contributed by atoms with Crippen LogP contribution >= 0.6 is 22.9 Å². The highest BCUT2D eigenvalue weighted by molar-refractivity contribution is 7.17. The Balaban J connectivity index is 1.97. The van der Waals surface area contributed by atoms with Crippen molar-refractivity contribution in [3.05, 3.63) is 21.3 Å². The van der Waals surface area contributed by atoms with Gasteiger partial charge in [-0.15, -0.1) is 11.3 Å². The predicted molar refractivity (Wildman–Crippen MR) is 75.8 cm³/mol. The Labute approximate surface area is 121 Å². The first-order valence-electron chi connectivity index (χ1n) is 6.45. The SMILES string of the molecule is O=C(NC(CCO)C1CCOCC1)c1ccc(Cl)s1. The van der Waals surface area contributed by atoms with Crippen LogP contribution in [0.4, 0.5) is 0 Å². The van der Waals surface area contributed by atoms with E-state index < -0.39 is 0 Å². The van der Waals surface area contributed by atoms with Crippen molar-refractivity contribution in [2.24, 2.45) is 5.92 Å². The fourth-order valence-corrected chi connectivity index (χ4v) is 3.31. The van der Waals surface area contributed by atoms with Gasteiger partial charge in [-0.3, -0.25) is 4.79 Å². The van der Waals surface area contributed by atoms with Crippen molar-refractivity contribution in [3.63, 3.8) is 0 Å². The van der Waals surface area contributed by atoms with Crippen LogP contribution in [0.1, 0.15) is 28.9 Å². The standard InChI is InChI=1S/C13H18ClNO3S/c14-12-2-1-11(19-12)13(17)15-10(3-6-16)9-4-7-18-8-5-9/h1-2,9-10,16H,3-8H2,(H,15,17). The molecule has 1 aromatic rings. The van der Waals surface area contributed by atoms with Gasteiger partial charge in [-0.25, -0.2) is 0 Å². The molecule has 106 valence electrons. The van der Waals surface area contributed by atoms with E-state index in [1.165, 1.54) is 11.3 Å². The van der Waals surface area contributed by atoms with Gasteiger partial charge in [0.15, 0.2) is 0 Å². The van der Waals surface area contributed by atoms with Gasteiger partial charge < -0.3 is 15.2 Å². The van der Waals surface area contributed by atoms with E-state index in [0.29, 0.717) is 21.6 Å².